The van der Waals surface area contributed by atoms with Gasteiger partial charge in [-0.2, -0.15) is 0 Å². The van der Waals surface area contributed by atoms with E-state index >= 15 is 0 Å². The molecular weight excluding hydrogens is 264 g/mol. The van der Waals surface area contributed by atoms with Crippen LogP contribution in [0.5, 0.6) is 5.75 Å². The highest BCUT2D eigenvalue weighted by Gasteiger charge is 2.15. The predicted molar refractivity (Wildman–Crippen MR) is 87.9 cm³/mol. The zero-order chi connectivity index (χ0) is 15.8. The van der Waals surface area contributed by atoms with Crippen LogP contribution in [0.3, 0.4) is 0 Å². The van der Waals surface area contributed by atoms with E-state index in [1.165, 1.54) is 6.07 Å². The van der Waals surface area contributed by atoms with Crippen molar-refractivity contribution in [2.75, 3.05) is 13.1 Å². The Morgan fingerprint density at radius 1 is 1.14 bits per heavy atom. The van der Waals surface area contributed by atoms with Crippen LogP contribution in [0, 0.1) is 6.92 Å². The van der Waals surface area contributed by atoms with Crippen LogP contribution in [0.25, 0.3) is 0 Å². The smallest absolute Gasteiger partial charge is 0.223 e. The first-order chi connectivity index (χ1) is 10.0. The molecule has 1 N–H and O–H groups in total. The molecular formula is C17H30N2O2. The normalized spacial score (nSPS) is 11.3. The molecule has 4 nitrogen and oxygen atoms in total. The van der Waals surface area contributed by atoms with Crippen molar-refractivity contribution in [1.29, 1.82) is 0 Å². The molecule has 0 radical (unpaired) electrons. The van der Waals surface area contributed by atoms with E-state index in [0.29, 0.717) is 6.54 Å². The Hall–Kier alpha value is -1.29. The maximum absolute atomic E-state index is 11.9. The second kappa shape index (κ2) is 8.88. The van der Waals surface area contributed by atoms with Crippen molar-refractivity contribution in [2.24, 2.45) is 0 Å². The van der Waals surface area contributed by atoms with Crippen LogP contribution in [0.1, 0.15) is 57.8 Å². The molecule has 0 bridgehead atoms. The van der Waals surface area contributed by atoms with Crippen molar-refractivity contribution in [1.82, 2.24) is 9.47 Å². The predicted octanol–water partition coefficient (Wildman–Crippen LogP) is 3.28. The van der Waals surface area contributed by atoms with Crippen LogP contribution in [0.4, 0.5) is 0 Å². The Kier molecular flexibility index (Phi) is 7.51. The summed E-state index contributed by atoms with van der Waals surface area (Å²) in [5, 5.41) is 10.2. The van der Waals surface area contributed by atoms with Crippen molar-refractivity contribution in [2.45, 2.75) is 66.5 Å². The summed E-state index contributed by atoms with van der Waals surface area (Å²) in [6.07, 6.45) is 4.60. The van der Waals surface area contributed by atoms with Crippen molar-refractivity contribution < 1.29 is 5.11 Å². The largest absolute Gasteiger partial charge is 0.503 e. The Labute approximate surface area is 128 Å². The van der Waals surface area contributed by atoms with Gasteiger partial charge in [0.25, 0.3) is 0 Å². The van der Waals surface area contributed by atoms with Crippen molar-refractivity contribution >= 4 is 0 Å². The van der Waals surface area contributed by atoms with Gasteiger partial charge in [-0.05, 0) is 39.8 Å². The fraction of sp³-hybridized carbons (Fsp3) is 0.706. The van der Waals surface area contributed by atoms with Crippen molar-refractivity contribution in [3.63, 3.8) is 0 Å². The van der Waals surface area contributed by atoms with Crippen LogP contribution in [0.2, 0.25) is 0 Å². The monoisotopic (exact) mass is 294 g/mol. The van der Waals surface area contributed by atoms with E-state index in [2.05, 4.69) is 18.7 Å². The zero-order valence-electron chi connectivity index (χ0n) is 14.0. The van der Waals surface area contributed by atoms with Crippen LogP contribution >= 0.6 is 0 Å². The van der Waals surface area contributed by atoms with E-state index in [9.17, 15) is 9.90 Å². The van der Waals surface area contributed by atoms with Gasteiger partial charge < -0.3 is 9.67 Å². The second-order valence-electron chi connectivity index (χ2n) is 5.67. The van der Waals surface area contributed by atoms with Gasteiger partial charge in [-0.25, -0.2) is 0 Å². The maximum atomic E-state index is 11.9. The SMILES string of the molecule is CCCCN(CCCC)Cc1c(O)c(=O)cc(C)n1CC. The summed E-state index contributed by atoms with van der Waals surface area (Å²) >= 11 is 0. The molecule has 1 aromatic heterocycles. The zero-order valence-corrected chi connectivity index (χ0v) is 14.0. The molecule has 0 unspecified atom stereocenters. The first-order valence-corrected chi connectivity index (χ1v) is 8.19. The van der Waals surface area contributed by atoms with Gasteiger partial charge in [-0.15, -0.1) is 0 Å². The topological polar surface area (TPSA) is 45.5 Å². The standard InChI is InChI=1S/C17H30N2O2/c1-5-8-10-18(11-9-6-2)13-15-17(21)16(20)12-14(4)19(15)7-3/h12,21H,5-11,13H2,1-4H3. The number of hydrogen-bond acceptors (Lipinski definition) is 3. The number of aromatic hydroxyl groups is 1. The summed E-state index contributed by atoms with van der Waals surface area (Å²) in [4.78, 5) is 14.2. The second-order valence-corrected chi connectivity index (χ2v) is 5.67. The van der Waals surface area contributed by atoms with Crippen molar-refractivity contribution in [3.8, 4) is 5.75 Å². The minimum Gasteiger partial charge on any atom is -0.503 e. The molecule has 0 aliphatic rings. The van der Waals surface area contributed by atoms with E-state index in [0.717, 1.165) is 56.7 Å². The molecule has 0 saturated heterocycles. The Bertz CT molecular complexity index is 486. The Morgan fingerprint density at radius 3 is 2.19 bits per heavy atom. The lowest BCUT2D eigenvalue weighted by molar-refractivity contribution is 0.245. The molecule has 0 aromatic carbocycles. The highest BCUT2D eigenvalue weighted by Crippen LogP contribution is 2.17. The number of aryl methyl sites for hydroxylation is 1. The summed E-state index contributed by atoms with van der Waals surface area (Å²) in [6, 6.07) is 1.52. The molecule has 0 aliphatic carbocycles. The van der Waals surface area contributed by atoms with E-state index in [1.807, 2.05) is 18.4 Å². The average Bonchev–Trinajstić information content (AvgIpc) is 2.47. The fourth-order valence-corrected chi connectivity index (χ4v) is 2.66. The number of hydrogen-bond donors (Lipinski definition) is 1. The highest BCUT2D eigenvalue weighted by molar-refractivity contribution is 5.29. The molecule has 21 heavy (non-hydrogen) atoms. The molecule has 4 heteroatoms. The summed E-state index contributed by atoms with van der Waals surface area (Å²) in [5.41, 5.74) is 1.41. The molecule has 0 fully saturated rings. The molecule has 120 valence electrons. The summed E-state index contributed by atoms with van der Waals surface area (Å²) in [7, 11) is 0. The lowest BCUT2D eigenvalue weighted by atomic mass is 10.2. The van der Waals surface area contributed by atoms with E-state index in [-0.39, 0.29) is 11.2 Å². The molecule has 0 saturated carbocycles. The average molecular weight is 294 g/mol. The minimum atomic E-state index is -0.266. The third-order valence-corrected chi connectivity index (χ3v) is 3.94. The lowest BCUT2D eigenvalue weighted by Gasteiger charge is -2.25. The van der Waals surface area contributed by atoms with Gasteiger partial charge >= 0.3 is 0 Å². The summed E-state index contributed by atoms with van der Waals surface area (Å²) in [6.45, 7) is 11.8. The Morgan fingerprint density at radius 2 is 1.71 bits per heavy atom. The molecule has 0 spiro atoms. The quantitative estimate of drug-likeness (QED) is 0.760. The van der Waals surface area contributed by atoms with Gasteiger partial charge in [0.05, 0.1) is 5.69 Å². The van der Waals surface area contributed by atoms with Crippen LogP contribution < -0.4 is 5.43 Å². The maximum Gasteiger partial charge on any atom is 0.223 e. The minimum absolute atomic E-state index is 0.0829. The van der Waals surface area contributed by atoms with Gasteiger partial charge in [-0.1, -0.05) is 26.7 Å². The molecule has 1 heterocycles. The number of aromatic nitrogens is 1. The number of rotatable bonds is 9. The molecule has 0 aliphatic heterocycles. The van der Waals surface area contributed by atoms with Gasteiger partial charge in [-0.3, -0.25) is 9.69 Å². The molecule has 1 aromatic rings. The van der Waals surface area contributed by atoms with Crippen LogP contribution in [-0.2, 0) is 13.1 Å². The van der Waals surface area contributed by atoms with Crippen LogP contribution in [0.15, 0.2) is 10.9 Å². The number of unbranched alkanes of at least 4 members (excludes halogenated alkanes) is 2. The fourth-order valence-electron chi connectivity index (χ4n) is 2.66. The first-order valence-electron chi connectivity index (χ1n) is 8.19. The number of pyridine rings is 1. The highest BCUT2D eigenvalue weighted by atomic mass is 16.3. The summed E-state index contributed by atoms with van der Waals surface area (Å²) in [5.74, 6) is -0.0829. The van der Waals surface area contributed by atoms with E-state index < -0.39 is 0 Å². The van der Waals surface area contributed by atoms with Crippen LogP contribution in [-0.4, -0.2) is 27.7 Å². The third kappa shape index (κ3) is 4.88. The van der Waals surface area contributed by atoms with Crippen molar-refractivity contribution in [3.05, 3.63) is 27.7 Å². The van der Waals surface area contributed by atoms with Gasteiger partial charge in [0, 0.05) is 24.8 Å². The van der Waals surface area contributed by atoms with Gasteiger partial charge in [0.2, 0.25) is 5.43 Å². The molecule has 1 rings (SSSR count). The summed E-state index contributed by atoms with van der Waals surface area (Å²) < 4.78 is 2.04. The third-order valence-electron chi connectivity index (χ3n) is 3.94. The van der Waals surface area contributed by atoms with Gasteiger partial charge in [0.1, 0.15) is 0 Å². The lowest BCUT2D eigenvalue weighted by Crippen LogP contribution is -2.29. The number of nitrogens with zero attached hydrogens (tertiary/aromatic N) is 2. The first kappa shape index (κ1) is 17.8. The molecule has 0 amide bonds. The van der Waals surface area contributed by atoms with E-state index in [4.69, 9.17) is 0 Å². The Balaban J connectivity index is 3.03. The molecule has 0 atom stereocenters. The van der Waals surface area contributed by atoms with Gasteiger partial charge in [0.15, 0.2) is 5.75 Å². The van der Waals surface area contributed by atoms with E-state index in [1.54, 1.807) is 0 Å².